The molecule has 0 saturated carbocycles. The Morgan fingerprint density at radius 3 is 1.92 bits per heavy atom. The Labute approximate surface area is 103 Å². The first-order valence-corrected chi connectivity index (χ1v) is 5.72. The summed E-state index contributed by atoms with van der Waals surface area (Å²) in [5.41, 5.74) is 0.229. The summed E-state index contributed by atoms with van der Waals surface area (Å²) in [4.78, 5) is 0. The van der Waals surface area contributed by atoms with Crippen LogP contribution < -0.4 is 29.6 Å². The van der Waals surface area contributed by atoms with E-state index >= 15 is 0 Å². The van der Waals surface area contributed by atoms with Crippen LogP contribution in [0.5, 0.6) is 0 Å². The van der Waals surface area contributed by atoms with Crippen LogP contribution in [0.1, 0.15) is 40.0 Å². The number of hydrogen-bond acceptors (Lipinski definition) is 3. The number of rotatable bonds is 4. The minimum atomic E-state index is -3.99. The topological polar surface area (TPSA) is 57.2 Å². The molecule has 0 aromatic rings. The molecule has 0 N–H and O–H groups in total. The Kier molecular flexibility index (Phi) is 8.05. The summed E-state index contributed by atoms with van der Waals surface area (Å²) in [6, 6.07) is 0. The molecule has 74 valence electrons. The molecule has 0 spiro atoms. The van der Waals surface area contributed by atoms with Crippen molar-refractivity contribution in [2.45, 2.75) is 40.0 Å². The van der Waals surface area contributed by atoms with Gasteiger partial charge in [-0.2, -0.15) is 0 Å². The molecule has 0 rings (SSSR count). The van der Waals surface area contributed by atoms with Gasteiger partial charge >= 0.3 is 29.6 Å². The van der Waals surface area contributed by atoms with Crippen molar-refractivity contribution >= 4 is 10.1 Å². The van der Waals surface area contributed by atoms with E-state index in [-0.39, 0.29) is 40.7 Å². The summed E-state index contributed by atoms with van der Waals surface area (Å²) < 4.78 is 30.6. The zero-order chi connectivity index (χ0) is 9.83. The van der Waals surface area contributed by atoms with E-state index in [9.17, 15) is 13.0 Å². The number of hydrogen-bond donors (Lipinski definition) is 0. The predicted octanol–water partition coefficient (Wildman–Crippen LogP) is -1.25. The third-order valence-corrected chi connectivity index (χ3v) is 2.36. The van der Waals surface area contributed by atoms with E-state index in [0.29, 0.717) is 6.42 Å². The van der Waals surface area contributed by atoms with Gasteiger partial charge in [-0.15, -0.1) is 0 Å². The van der Waals surface area contributed by atoms with Gasteiger partial charge in [0.1, 0.15) is 0 Å². The van der Waals surface area contributed by atoms with Crippen LogP contribution in [0.15, 0.2) is 0 Å². The second-order valence-corrected chi connectivity index (χ2v) is 5.80. The largest absolute Gasteiger partial charge is 1.00 e. The van der Waals surface area contributed by atoms with Gasteiger partial charge in [-0.1, -0.05) is 27.2 Å². The molecule has 0 aromatic carbocycles. The van der Waals surface area contributed by atoms with Crippen molar-refractivity contribution in [3.8, 4) is 0 Å². The molecule has 0 aliphatic heterocycles. The molecule has 0 amide bonds. The van der Waals surface area contributed by atoms with E-state index in [0.717, 1.165) is 12.8 Å². The fraction of sp³-hybridized carbons (Fsp3) is 1.00. The molecule has 0 aliphatic rings. The molecule has 0 aliphatic carbocycles. The maximum Gasteiger partial charge on any atom is 1.00 e. The van der Waals surface area contributed by atoms with Crippen molar-refractivity contribution in [3.63, 3.8) is 0 Å². The molecule has 3 nitrogen and oxygen atoms in total. The molecule has 13 heavy (non-hydrogen) atoms. The summed E-state index contributed by atoms with van der Waals surface area (Å²) in [7, 11) is -3.99. The molecular formula is C8H17NaO3S. The van der Waals surface area contributed by atoms with Crippen molar-refractivity contribution in [2.24, 2.45) is 5.41 Å². The quantitative estimate of drug-likeness (QED) is 0.335. The van der Waals surface area contributed by atoms with E-state index in [1.165, 1.54) is 0 Å². The molecule has 0 bridgehead atoms. The Morgan fingerprint density at radius 1 is 1.15 bits per heavy atom. The van der Waals surface area contributed by atoms with Gasteiger partial charge in [-0.3, -0.25) is 0 Å². The molecule has 5 heteroatoms. The molecular weight excluding hydrogens is 199 g/mol. The Morgan fingerprint density at radius 2 is 1.62 bits per heavy atom. The normalized spacial score (nSPS) is 12.3. The van der Waals surface area contributed by atoms with Crippen molar-refractivity contribution in [1.29, 1.82) is 0 Å². The van der Waals surface area contributed by atoms with Crippen molar-refractivity contribution in [2.75, 3.05) is 5.75 Å². The Bertz CT molecular complexity index is 216. The third-order valence-electron chi connectivity index (χ3n) is 1.57. The Balaban J connectivity index is 0. The first-order chi connectivity index (χ1) is 5.21. The second-order valence-electron chi connectivity index (χ2n) is 4.28. The van der Waals surface area contributed by atoms with Crippen LogP contribution in [-0.4, -0.2) is 18.7 Å². The molecule has 0 atom stereocenters. The number of unbranched alkanes of at least 4 members (excludes halogenated alkanes) is 1. The van der Waals surface area contributed by atoms with Crippen LogP contribution >= 0.6 is 0 Å². The SMILES string of the molecule is CC(C)(C)CCCCS(=O)(=O)[O-].[Na+]. The minimum absolute atomic E-state index is 0. The predicted molar refractivity (Wildman–Crippen MR) is 47.9 cm³/mol. The second kappa shape index (κ2) is 6.40. The summed E-state index contributed by atoms with van der Waals surface area (Å²) in [5, 5.41) is 0. The van der Waals surface area contributed by atoms with Crippen LogP contribution in [0.2, 0.25) is 0 Å². The van der Waals surface area contributed by atoms with Crippen LogP contribution in [0.4, 0.5) is 0 Å². The molecule has 0 saturated heterocycles. The van der Waals surface area contributed by atoms with Crippen LogP contribution in [-0.2, 0) is 10.1 Å². The average Bonchev–Trinajstić information content (AvgIpc) is 1.76. The maximum absolute atomic E-state index is 10.2. The van der Waals surface area contributed by atoms with Crippen molar-refractivity contribution in [1.82, 2.24) is 0 Å². The summed E-state index contributed by atoms with van der Waals surface area (Å²) in [6.45, 7) is 6.29. The molecule has 0 aromatic heterocycles. The van der Waals surface area contributed by atoms with Gasteiger partial charge in [0.25, 0.3) is 0 Å². The van der Waals surface area contributed by atoms with E-state index in [4.69, 9.17) is 0 Å². The third kappa shape index (κ3) is 15.6. The van der Waals surface area contributed by atoms with Crippen molar-refractivity contribution in [3.05, 3.63) is 0 Å². The first kappa shape index (κ1) is 16.3. The standard InChI is InChI=1S/C8H18O3S.Na/c1-8(2,3)6-4-5-7-12(9,10)11;/h4-7H2,1-3H3,(H,9,10,11);/q;+1/p-1. The monoisotopic (exact) mass is 216 g/mol. The molecule has 0 radical (unpaired) electrons. The summed E-state index contributed by atoms with van der Waals surface area (Å²) >= 11 is 0. The molecule has 0 fully saturated rings. The van der Waals surface area contributed by atoms with Gasteiger partial charge in [-0.05, 0) is 18.3 Å². The van der Waals surface area contributed by atoms with Gasteiger partial charge in [0, 0.05) is 5.75 Å². The van der Waals surface area contributed by atoms with E-state index in [1.54, 1.807) is 0 Å². The fourth-order valence-electron chi connectivity index (χ4n) is 0.934. The van der Waals surface area contributed by atoms with Crippen LogP contribution in [0.25, 0.3) is 0 Å². The van der Waals surface area contributed by atoms with Gasteiger partial charge < -0.3 is 4.55 Å². The average molecular weight is 216 g/mol. The fourth-order valence-corrected chi connectivity index (χ4v) is 1.49. The van der Waals surface area contributed by atoms with Crippen LogP contribution in [0.3, 0.4) is 0 Å². The molecule has 0 unspecified atom stereocenters. The zero-order valence-electron chi connectivity index (χ0n) is 8.96. The maximum atomic E-state index is 10.2. The molecule has 0 heterocycles. The Hall–Kier alpha value is 0.910. The van der Waals surface area contributed by atoms with Crippen LogP contribution in [0, 0.1) is 5.41 Å². The van der Waals surface area contributed by atoms with E-state index in [2.05, 4.69) is 20.8 Å². The van der Waals surface area contributed by atoms with Gasteiger partial charge in [0.15, 0.2) is 0 Å². The van der Waals surface area contributed by atoms with Gasteiger partial charge in [0.2, 0.25) is 0 Å². The van der Waals surface area contributed by atoms with Gasteiger partial charge in [-0.25, -0.2) is 8.42 Å². The van der Waals surface area contributed by atoms with Gasteiger partial charge in [0.05, 0.1) is 10.1 Å². The first-order valence-electron chi connectivity index (χ1n) is 4.14. The zero-order valence-corrected chi connectivity index (χ0v) is 11.8. The smallest absolute Gasteiger partial charge is 0.748 e. The summed E-state index contributed by atoms with van der Waals surface area (Å²) in [5.74, 6) is -0.219. The van der Waals surface area contributed by atoms with E-state index < -0.39 is 10.1 Å². The van der Waals surface area contributed by atoms with E-state index in [1.807, 2.05) is 0 Å². The van der Waals surface area contributed by atoms with Crippen molar-refractivity contribution < 1.29 is 42.5 Å². The summed E-state index contributed by atoms with van der Waals surface area (Å²) in [6.07, 6.45) is 2.26. The minimum Gasteiger partial charge on any atom is -0.748 e.